The van der Waals surface area contributed by atoms with E-state index < -0.39 is 14.6 Å². The molecule has 0 bridgehead atoms. The third kappa shape index (κ3) is 4.39. The quantitative estimate of drug-likeness (QED) is 0.774. The fourth-order valence-electron chi connectivity index (χ4n) is 1.71. The molecule has 1 saturated carbocycles. The van der Waals surface area contributed by atoms with Crippen LogP contribution in [0.1, 0.15) is 46.5 Å². The number of Topliss-reactive ketones (excluding diaryl/α,β-unsaturated/α-hetero) is 1. The maximum Gasteiger partial charge on any atom is 0.157 e. The van der Waals surface area contributed by atoms with Crippen LogP contribution < -0.4 is 0 Å². The van der Waals surface area contributed by atoms with Crippen molar-refractivity contribution in [1.29, 1.82) is 0 Å². The van der Waals surface area contributed by atoms with Crippen LogP contribution in [0.5, 0.6) is 0 Å². The molecule has 0 saturated heterocycles. The molecule has 0 atom stereocenters. The zero-order valence-corrected chi connectivity index (χ0v) is 11.7. The monoisotopic (exact) mass is 262 g/mol. The summed E-state index contributed by atoms with van der Waals surface area (Å²) in [7, 11) is -3.10. The summed E-state index contributed by atoms with van der Waals surface area (Å²) in [6.45, 7) is 5.32. The fourth-order valence-corrected chi connectivity index (χ4v) is 2.64. The van der Waals surface area contributed by atoms with E-state index in [1.54, 1.807) is 20.8 Å². The molecule has 1 aliphatic carbocycles. The predicted octanol–water partition coefficient (Wildman–Crippen LogP) is 1.73. The number of hydrogen-bond donors (Lipinski definition) is 0. The van der Waals surface area contributed by atoms with Crippen LogP contribution in [0.25, 0.3) is 0 Å². The molecule has 1 rings (SSSR count). The van der Waals surface area contributed by atoms with E-state index in [2.05, 4.69) is 0 Å². The fraction of sp³-hybridized carbons (Fsp3) is 0.917. The van der Waals surface area contributed by atoms with Gasteiger partial charge in [-0.25, -0.2) is 8.42 Å². The molecule has 0 aromatic heterocycles. The van der Waals surface area contributed by atoms with Gasteiger partial charge in [-0.1, -0.05) is 0 Å². The normalized spacial score (nSPS) is 19.6. The zero-order chi connectivity index (χ0) is 13.1. The largest absolute Gasteiger partial charge is 0.377 e. The van der Waals surface area contributed by atoms with Crippen molar-refractivity contribution in [2.24, 2.45) is 0 Å². The van der Waals surface area contributed by atoms with Crippen LogP contribution in [0.2, 0.25) is 0 Å². The lowest BCUT2D eigenvalue weighted by Crippen LogP contribution is -2.33. The van der Waals surface area contributed by atoms with Crippen LogP contribution in [0.15, 0.2) is 0 Å². The van der Waals surface area contributed by atoms with Crippen molar-refractivity contribution < 1.29 is 17.9 Å². The summed E-state index contributed by atoms with van der Waals surface area (Å²) in [5, 5.41) is 0. The third-order valence-electron chi connectivity index (χ3n) is 3.13. The van der Waals surface area contributed by atoms with E-state index >= 15 is 0 Å². The molecule has 100 valence electrons. The van der Waals surface area contributed by atoms with E-state index in [0.717, 1.165) is 12.8 Å². The third-order valence-corrected chi connectivity index (χ3v) is 5.70. The highest BCUT2D eigenvalue weighted by Gasteiger charge is 2.29. The lowest BCUT2D eigenvalue weighted by atomic mass is 9.97. The van der Waals surface area contributed by atoms with E-state index in [-0.39, 0.29) is 24.2 Å². The van der Waals surface area contributed by atoms with Gasteiger partial charge in [-0.2, -0.15) is 0 Å². The summed E-state index contributed by atoms with van der Waals surface area (Å²) in [4.78, 5) is 11.0. The van der Waals surface area contributed by atoms with Crippen molar-refractivity contribution in [1.82, 2.24) is 0 Å². The second kappa shape index (κ2) is 5.48. The number of sulfone groups is 1. The van der Waals surface area contributed by atoms with Gasteiger partial charge in [-0.05, 0) is 33.6 Å². The molecular formula is C12H22O4S. The highest BCUT2D eigenvalue weighted by molar-refractivity contribution is 7.92. The molecule has 1 aliphatic rings. The highest BCUT2D eigenvalue weighted by Crippen LogP contribution is 2.19. The molecule has 0 aliphatic heterocycles. The second-order valence-corrected chi connectivity index (χ2v) is 8.40. The molecule has 0 aromatic carbocycles. The summed E-state index contributed by atoms with van der Waals surface area (Å²) in [6, 6.07) is 0. The van der Waals surface area contributed by atoms with Crippen LogP contribution in [0, 0.1) is 0 Å². The van der Waals surface area contributed by atoms with Crippen LogP contribution in [0.3, 0.4) is 0 Å². The van der Waals surface area contributed by atoms with Gasteiger partial charge in [0.05, 0.1) is 23.2 Å². The minimum atomic E-state index is -3.10. The molecule has 5 heteroatoms. The molecule has 0 amide bonds. The van der Waals surface area contributed by atoms with Crippen LogP contribution in [-0.2, 0) is 19.4 Å². The molecule has 1 fully saturated rings. The molecular weight excluding hydrogens is 240 g/mol. The first-order valence-electron chi connectivity index (χ1n) is 6.08. The summed E-state index contributed by atoms with van der Waals surface area (Å²) >= 11 is 0. The molecule has 0 spiro atoms. The molecule has 0 aromatic rings. The van der Waals surface area contributed by atoms with Gasteiger partial charge >= 0.3 is 0 Å². The number of ketones is 1. The van der Waals surface area contributed by atoms with Gasteiger partial charge in [-0.3, -0.25) is 4.79 Å². The van der Waals surface area contributed by atoms with Crippen molar-refractivity contribution in [3.63, 3.8) is 0 Å². The van der Waals surface area contributed by atoms with Gasteiger partial charge in [0.1, 0.15) is 5.78 Å². The van der Waals surface area contributed by atoms with Crippen molar-refractivity contribution in [2.45, 2.75) is 57.3 Å². The molecule has 0 radical (unpaired) electrons. The van der Waals surface area contributed by atoms with Gasteiger partial charge in [0, 0.05) is 12.8 Å². The van der Waals surface area contributed by atoms with Crippen molar-refractivity contribution in [3.05, 3.63) is 0 Å². The average molecular weight is 262 g/mol. The van der Waals surface area contributed by atoms with E-state index in [1.807, 2.05) is 0 Å². The minimum Gasteiger partial charge on any atom is -0.377 e. The number of ether oxygens (including phenoxy) is 1. The Labute approximate surface area is 104 Å². The Bertz CT molecular complexity index is 354. The Hall–Kier alpha value is -0.420. The van der Waals surface area contributed by atoms with E-state index in [1.165, 1.54) is 0 Å². The molecule has 0 unspecified atom stereocenters. The van der Waals surface area contributed by atoms with Gasteiger partial charge in [0.25, 0.3) is 0 Å². The average Bonchev–Trinajstić information content (AvgIpc) is 2.19. The summed E-state index contributed by atoms with van der Waals surface area (Å²) in [5.74, 6) is 0.341. The number of carbonyl (C=O) groups excluding carboxylic acids is 1. The van der Waals surface area contributed by atoms with Crippen LogP contribution in [-0.4, -0.2) is 37.4 Å². The SMILES string of the molecule is CC(C)(C)S(=O)(=O)CCOC1CCC(=O)CC1. The van der Waals surface area contributed by atoms with Gasteiger partial charge in [0.2, 0.25) is 0 Å². The Morgan fingerprint density at radius 1 is 1.24 bits per heavy atom. The number of carbonyl (C=O) groups is 1. The van der Waals surface area contributed by atoms with Gasteiger partial charge in [-0.15, -0.1) is 0 Å². The Kier molecular flexibility index (Phi) is 4.72. The second-order valence-electron chi connectivity index (χ2n) is 5.54. The lowest BCUT2D eigenvalue weighted by Gasteiger charge is -2.23. The van der Waals surface area contributed by atoms with Crippen molar-refractivity contribution >= 4 is 15.6 Å². The first kappa shape index (κ1) is 14.6. The van der Waals surface area contributed by atoms with Crippen molar-refractivity contribution in [2.75, 3.05) is 12.4 Å². The lowest BCUT2D eigenvalue weighted by molar-refractivity contribution is -0.122. The number of hydrogen-bond acceptors (Lipinski definition) is 4. The Balaban J connectivity index is 2.31. The molecule has 4 nitrogen and oxygen atoms in total. The molecule has 0 N–H and O–H groups in total. The first-order chi connectivity index (χ1) is 7.72. The topological polar surface area (TPSA) is 60.4 Å². The van der Waals surface area contributed by atoms with Crippen LogP contribution >= 0.6 is 0 Å². The number of rotatable bonds is 4. The maximum atomic E-state index is 11.8. The smallest absolute Gasteiger partial charge is 0.157 e. The highest BCUT2D eigenvalue weighted by atomic mass is 32.2. The summed E-state index contributed by atoms with van der Waals surface area (Å²) in [5.41, 5.74) is 0. The first-order valence-corrected chi connectivity index (χ1v) is 7.73. The summed E-state index contributed by atoms with van der Waals surface area (Å²) < 4.78 is 28.4. The van der Waals surface area contributed by atoms with Crippen LogP contribution in [0.4, 0.5) is 0 Å². The predicted molar refractivity (Wildman–Crippen MR) is 66.8 cm³/mol. The maximum absolute atomic E-state index is 11.8. The standard InChI is InChI=1S/C12H22O4S/c1-12(2,3)17(14,15)9-8-16-11-6-4-10(13)5-7-11/h11H,4-9H2,1-3H3. The van der Waals surface area contributed by atoms with E-state index in [4.69, 9.17) is 4.74 Å². The Morgan fingerprint density at radius 2 is 1.76 bits per heavy atom. The minimum absolute atomic E-state index is 0.0565. The molecule has 0 heterocycles. The van der Waals surface area contributed by atoms with Gasteiger partial charge < -0.3 is 4.74 Å². The zero-order valence-electron chi connectivity index (χ0n) is 10.9. The van der Waals surface area contributed by atoms with Gasteiger partial charge in [0.15, 0.2) is 9.84 Å². The van der Waals surface area contributed by atoms with E-state index in [0.29, 0.717) is 12.8 Å². The van der Waals surface area contributed by atoms with E-state index in [9.17, 15) is 13.2 Å². The summed E-state index contributed by atoms with van der Waals surface area (Å²) in [6.07, 6.45) is 2.65. The molecule has 17 heavy (non-hydrogen) atoms. The Morgan fingerprint density at radius 3 is 2.24 bits per heavy atom. The van der Waals surface area contributed by atoms with Crippen molar-refractivity contribution in [3.8, 4) is 0 Å².